The molecule has 0 aliphatic carbocycles. The van der Waals surface area contributed by atoms with Crippen LogP contribution in [-0.4, -0.2) is 37.8 Å². The van der Waals surface area contributed by atoms with Crippen molar-refractivity contribution < 1.29 is 9.53 Å². The van der Waals surface area contributed by atoms with E-state index in [0.717, 1.165) is 11.4 Å². The smallest absolute Gasteiger partial charge is 0.255 e. The number of hydrogen-bond acceptors (Lipinski definition) is 6. The third-order valence-electron chi connectivity index (χ3n) is 2.94. The number of carbonyl (C=O) groups is 1. The molecular weight excluding hydrogens is 314 g/mol. The van der Waals surface area contributed by atoms with Gasteiger partial charge < -0.3 is 10.1 Å². The van der Waals surface area contributed by atoms with E-state index in [0.29, 0.717) is 17.5 Å². The third kappa shape index (κ3) is 3.78. The quantitative estimate of drug-likeness (QED) is 0.699. The summed E-state index contributed by atoms with van der Waals surface area (Å²) in [6.07, 6.45) is 3.46. The van der Waals surface area contributed by atoms with Crippen molar-refractivity contribution in [2.75, 3.05) is 17.7 Å². The fourth-order valence-corrected chi connectivity index (χ4v) is 2.66. The number of hydrogen-bond donors (Lipinski definition) is 1. The summed E-state index contributed by atoms with van der Waals surface area (Å²) in [4.78, 5) is 16.1. The number of rotatable bonds is 6. The molecule has 0 saturated heterocycles. The number of thioether (sulfide) groups is 1. The van der Waals surface area contributed by atoms with E-state index in [-0.39, 0.29) is 11.7 Å². The van der Waals surface area contributed by atoms with Gasteiger partial charge in [0.25, 0.3) is 5.78 Å². The van der Waals surface area contributed by atoms with E-state index < -0.39 is 0 Å². The molecule has 8 heteroatoms. The number of aromatic nitrogens is 4. The Labute approximate surface area is 137 Å². The van der Waals surface area contributed by atoms with Gasteiger partial charge in [0, 0.05) is 18.1 Å². The second kappa shape index (κ2) is 7.10. The lowest BCUT2D eigenvalue weighted by atomic mass is 10.3. The lowest BCUT2D eigenvalue weighted by Crippen LogP contribution is -2.14. The molecular formula is C15H15N5O2S. The van der Waals surface area contributed by atoms with Crippen molar-refractivity contribution >= 4 is 29.1 Å². The molecule has 1 aromatic carbocycles. The normalized spacial score (nSPS) is 10.7. The monoisotopic (exact) mass is 329 g/mol. The molecule has 0 atom stereocenters. The highest BCUT2D eigenvalue weighted by atomic mass is 32.2. The Hall–Kier alpha value is -2.61. The Bertz CT molecular complexity index is 803. The van der Waals surface area contributed by atoms with Crippen LogP contribution in [0.5, 0.6) is 5.75 Å². The Morgan fingerprint density at radius 1 is 1.30 bits per heavy atom. The molecule has 0 saturated carbocycles. The van der Waals surface area contributed by atoms with Crippen LogP contribution in [-0.2, 0) is 4.79 Å². The third-order valence-corrected chi connectivity index (χ3v) is 3.88. The first-order valence-corrected chi connectivity index (χ1v) is 8.06. The van der Waals surface area contributed by atoms with Gasteiger partial charge >= 0.3 is 0 Å². The summed E-state index contributed by atoms with van der Waals surface area (Å²) in [5.74, 6) is 1.42. The largest absolute Gasteiger partial charge is 0.494 e. The summed E-state index contributed by atoms with van der Waals surface area (Å²) >= 11 is 1.31. The van der Waals surface area contributed by atoms with Gasteiger partial charge in [0.05, 0.1) is 12.4 Å². The predicted octanol–water partition coefficient (Wildman–Crippen LogP) is 2.25. The van der Waals surface area contributed by atoms with E-state index in [1.807, 2.05) is 37.4 Å². The lowest BCUT2D eigenvalue weighted by molar-refractivity contribution is -0.113. The van der Waals surface area contributed by atoms with Crippen molar-refractivity contribution in [3.63, 3.8) is 0 Å². The summed E-state index contributed by atoms with van der Waals surface area (Å²) < 4.78 is 7.11. The number of amides is 1. The van der Waals surface area contributed by atoms with Gasteiger partial charge in [0.2, 0.25) is 5.91 Å². The van der Waals surface area contributed by atoms with E-state index in [1.165, 1.54) is 11.8 Å². The van der Waals surface area contributed by atoms with Crippen LogP contribution in [0.2, 0.25) is 0 Å². The number of ether oxygens (including phenoxy) is 1. The van der Waals surface area contributed by atoms with Crippen LogP contribution < -0.4 is 10.1 Å². The van der Waals surface area contributed by atoms with Crippen LogP contribution in [0.25, 0.3) is 5.78 Å². The van der Waals surface area contributed by atoms with Crippen LogP contribution in [0.1, 0.15) is 6.92 Å². The van der Waals surface area contributed by atoms with Gasteiger partial charge in [-0.25, -0.2) is 4.98 Å². The maximum absolute atomic E-state index is 12.0. The van der Waals surface area contributed by atoms with Gasteiger partial charge in [-0.1, -0.05) is 11.8 Å². The first-order valence-electron chi connectivity index (χ1n) is 7.07. The maximum atomic E-state index is 12.0. The Kier molecular flexibility index (Phi) is 4.72. The molecule has 0 spiro atoms. The molecule has 23 heavy (non-hydrogen) atoms. The van der Waals surface area contributed by atoms with Gasteiger partial charge in [-0.05, 0) is 37.3 Å². The second-order valence-corrected chi connectivity index (χ2v) is 5.51. The highest BCUT2D eigenvalue weighted by Crippen LogP contribution is 2.18. The topological polar surface area (TPSA) is 81.4 Å². The molecule has 118 valence electrons. The molecule has 1 amide bonds. The van der Waals surface area contributed by atoms with Crippen LogP contribution in [0.3, 0.4) is 0 Å². The molecule has 3 rings (SSSR count). The fourth-order valence-electron chi connectivity index (χ4n) is 1.95. The van der Waals surface area contributed by atoms with Gasteiger partial charge in [0.15, 0.2) is 5.16 Å². The van der Waals surface area contributed by atoms with E-state index in [2.05, 4.69) is 20.5 Å². The van der Waals surface area contributed by atoms with Gasteiger partial charge in [-0.3, -0.25) is 9.20 Å². The number of benzene rings is 1. The maximum Gasteiger partial charge on any atom is 0.255 e. The van der Waals surface area contributed by atoms with Crippen LogP contribution >= 0.6 is 11.8 Å². The van der Waals surface area contributed by atoms with Crippen molar-refractivity contribution in [3.8, 4) is 5.75 Å². The van der Waals surface area contributed by atoms with Crippen molar-refractivity contribution in [3.05, 3.63) is 42.7 Å². The molecule has 2 aromatic heterocycles. The molecule has 0 fully saturated rings. The second-order valence-electron chi connectivity index (χ2n) is 4.57. The first-order chi connectivity index (χ1) is 11.3. The first kappa shape index (κ1) is 15.3. The standard InChI is InChI=1S/C15H15N5O2S/c1-2-22-12-6-4-11(5-7-12)17-13(21)10-23-15-19-18-14-16-8-3-9-20(14)15/h3-9H,2,10H2,1H3,(H,17,21). The Morgan fingerprint density at radius 3 is 2.91 bits per heavy atom. The zero-order valence-electron chi connectivity index (χ0n) is 12.5. The minimum Gasteiger partial charge on any atom is -0.494 e. The summed E-state index contributed by atoms with van der Waals surface area (Å²) in [6, 6.07) is 9.06. The molecule has 0 bridgehead atoms. The van der Waals surface area contributed by atoms with E-state index in [4.69, 9.17) is 4.74 Å². The fraction of sp³-hybridized carbons (Fsp3) is 0.200. The highest BCUT2D eigenvalue weighted by molar-refractivity contribution is 7.99. The zero-order valence-corrected chi connectivity index (χ0v) is 13.3. The molecule has 0 aliphatic heterocycles. The van der Waals surface area contributed by atoms with Gasteiger partial charge in [-0.15, -0.1) is 10.2 Å². The predicted molar refractivity (Wildman–Crippen MR) is 87.7 cm³/mol. The van der Waals surface area contributed by atoms with Gasteiger partial charge in [-0.2, -0.15) is 0 Å². The molecule has 1 N–H and O–H groups in total. The minimum atomic E-state index is -0.111. The van der Waals surface area contributed by atoms with Crippen LogP contribution in [0.15, 0.2) is 47.9 Å². The van der Waals surface area contributed by atoms with E-state index in [9.17, 15) is 4.79 Å². The van der Waals surface area contributed by atoms with Crippen molar-refractivity contribution in [1.82, 2.24) is 19.6 Å². The number of carbonyl (C=O) groups excluding carboxylic acids is 1. The van der Waals surface area contributed by atoms with E-state index >= 15 is 0 Å². The molecule has 0 radical (unpaired) electrons. The number of nitrogens with zero attached hydrogens (tertiary/aromatic N) is 4. The molecule has 0 unspecified atom stereocenters. The lowest BCUT2D eigenvalue weighted by Gasteiger charge is -2.06. The van der Waals surface area contributed by atoms with Crippen LogP contribution in [0.4, 0.5) is 5.69 Å². The average molecular weight is 329 g/mol. The Morgan fingerprint density at radius 2 is 2.13 bits per heavy atom. The molecule has 2 heterocycles. The Balaban J connectivity index is 1.57. The number of nitrogens with one attached hydrogen (secondary N) is 1. The summed E-state index contributed by atoms with van der Waals surface area (Å²) in [6.45, 7) is 2.54. The van der Waals surface area contributed by atoms with Crippen molar-refractivity contribution in [2.45, 2.75) is 12.1 Å². The van der Waals surface area contributed by atoms with Crippen molar-refractivity contribution in [1.29, 1.82) is 0 Å². The molecule has 3 aromatic rings. The summed E-state index contributed by atoms with van der Waals surface area (Å²) in [7, 11) is 0. The minimum absolute atomic E-state index is 0.111. The molecule has 0 aliphatic rings. The van der Waals surface area contributed by atoms with Crippen LogP contribution in [0, 0.1) is 0 Å². The average Bonchev–Trinajstić information content (AvgIpc) is 2.98. The zero-order chi connectivity index (χ0) is 16.1. The van der Waals surface area contributed by atoms with Gasteiger partial charge in [0.1, 0.15) is 5.75 Å². The molecule has 7 nitrogen and oxygen atoms in total. The number of anilines is 1. The van der Waals surface area contributed by atoms with E-state index in [1.54, 1.807) is 16.7 Å². The number of fused-ring (bicyclic) bond motifs is 1. The summed E-state index contributed by atoms with van der Waals surface area (Å²) in [5, 5.41) is 11.4. The van der Waals surface area contributed by atoms with Crippen molar-refractivity contribution in [2.24, 2.45) is 0 Å². The SMILES string of the molecule is CCOc1ccc(NC(=O)CSc2nnc3ncccn23)cc1. The highest BCUT2D eigenvalue weighted by Gasteiger charge is 2.09. The summed E-state index contributed by atoms with van der Waals surface area (Å²) in [5.41, 5.74) is 0.729.